The maximum Gasteiger partial charge on any atom is 0.234 e. The van der Waals surface area contributed by atoms with Gasteiger partial charge in [-0.25, -0.2) is 0 Å². The number of halogens is 1. The van der Waals surface area contributed by atoms with Crippen molar-refractivity contribution in [2.45, 2.75) is 44.7 Å². The first-order chi connectivity index (χ1) is 9.13. The van der Waals surface area contributed by atoms with E-state index >= 15 is 0 Å². The third-order valence-corrected chi connectivity index (χ3v) is 5.01. The minimum atomic E-state index is 0.156. The van der Waals surface area contributed by atoms with Gasteiger partial charge in [-0.05, 0) is 52.8 Å². The number of thiophene rings is 1. The monoisotopic (exact) mass is 344 g/mol. The summed E-state index contributed by atoms with van der Waals surface area (Å²) in [6, 6.07) is 2.52. The SMILES string of the molecule is CN(CC(=O)NC1CCCCC1)Cc1csc(Br)c1. The normalized spacial score (nSPS) is 16.8. The molecule has 1 saturated carbocycles. The summed E-state index contributed by atoms with van der Waals surface area (Å²) in [5.74, 6) is 0.156. The lowest BCUT2D eigenvalue weighted by molar-refractivity contribution is -0.123. The molecule has 1 N–H and O–H groups in total. The van der Waals surface area contributed by atoms with Crippen LogP contribution in [-0.4, -0.2) is 30.4 Å². The molecule has 0 unspecified atom stereocenters. The molecule has 1 aromatic heterocycles. The van der Waals surface area contributed by atoms with Gasteiger partial charge < -0.3 is 5.32 Å². The molecule has 0 bridgehead atoms. The molecule has 0 radical (unpaired) electrons. The number of hydrogen-bond acceptors (Lipinski definition) is 3. The van der Waals surface area contributed by atoms with Crippen LogP contribution in [-0.2, 0) is 11.3 Å². The average Bonchev–Trinajstić information content (AvgIpc) is 2.75. The van der Waals surface area contributed by atoms with Gasteiger partial charge in [-0.3, -0.25) is 9.69 Å². The minimum absolute atomic E-state index is 0.156. The predicted molar refractivity (Wildman–Crippen MR) is 83.4 cm³/mol. The van der Waals surface area contributed by atoms with E-state index in [0.29, 0.717) is 12.6 Å². The maximum atomic E-state index is 12.0. The second-order valence-electron chi connectivity index (χ2n) is 5.33. The summed E-state index contributed by atoms with van der Waals surface area (Å²) in [6.07, 6.45) is 6.12. The first kappa shape index (κ1) is 15.0. The zero-order chi connectivity index (χ0) is 13.7. The third-order valence-electron chi connectivity index (χ3n) is 3.46. The zero-order valence-corrected chi connectivity index (χ0v) is 13.7. The summed E-state index contributed by atoms with van der Waals surface area (Å²) in [4.78, 5) is 14.0. The Kier molecular flexibility index (Phi) is 5.85. The van der Waals surface area contributed by atoms with Crippen LogP contribution >= 0.6 is 27.3 Å². The molecule has 3 nitrogen and oxygen atoms in total. The van der Waals surface area contributed by atoms with Gasteiger partial charge in [0.1, 0.15) is 0 Å². The molecule has 1 aliphatic carbocycles. The number of amides is 1. The molecule has 106 valence electrons. The number of rotatable bonds is 5. The molecule has 1 amide bonds. The summed E-state index contributed by atoms with van der Waals surface area (Å²) in [5.41, 5.74) is 1.25. The van der Waals surface area contributed by atoms with E-state index in [4.69, 9.17) is 0 Å². The standard InChI is InChI=1S/C14H21BrN2OS/c1-17(8-11-7-13(15)19-10-11)9-14(18)16-12-5-3-2-4-6-12/h7,10,12H,2-6,8-9H2,1H3,(H,16,18). The van der Waals surface area contributed by atoms with Crippen molar-refractivity contribution in [3.63, 3.8) is 0 Å². The van der Waals surface area contributed by atoms with E-state index in [0.717, 1.165) is 23.2 Å². The van der Waals surface area contributed by atoms with E-state index in [-0.39, 0.29) is 5.91 Å². The number of hydrogen-bond donors (Lipinski definition) is 1. The Bertz CT molecular complexity index is 415. The van der Waals surface area contributed by atoms with Gasteiger partial charge in [0.15, 0.2) is 0 Å². The van der Waals surface area contributed by atoms with Gasteiger partial charge in [0, 0.05) is 12.6 Å². The molecule has 2 rings (SSSR count). The lowest BCUT2D eigenvalue weighted by atomic mass is 9.95. The van der Waals surface area contributed by atoms with Crippen molar-refractivity contribution in [1.82, 2.24) is 10.2 Å². The highest BCUT2D eigenvalue weighted by molar-refractivity contribution is 9.11. The van der Waals surface area contributed by atoms with Gasteiger partial charge in [0.05, 0.1) is 10.3 Å². The Morgan fingerprint density at radius 2 is 2.21 bits per heavy atom. The topological polar surface area (TPSA) is 32.3 Å². The van der Waals surface area contributed by atoms with Crippen LogP contribution in [0.3, 0.4) is 0 Å². The molecule has 0 spiro atoms. The summed E-state index contributed by atoms with van der Waals surface area (Å²) < 4.78 is 1.14. The van der Waals surface area contributed by atoms with Crippen LogP contribution < -0.4 is 5.32 Å². The Morgan fingerprint density at radius 3 is 2.84 bits per heavy atom. The van der Waals surface area contributed by atoms with Gasteiger partial charge in [-0.2, -0.15) is 0 Å². The molecule has 1 aromatic rings. The number of nitrogens with zero attached hydrogens (tertiary/aromatic N) is 1. The van der Waals surface area contributed by atoms with E-state index in [1.54, 1.807) is 11.3 Å². The fraction of sp³-hybridized carbons (Fsp3) is 0.643. The molecule has 1 fully saturated rings. The molecular weight excluding hydrogens is 324 g/mol. The van der Waals surface area contributed by atoms with Crippen molar-refractivity contribution in [1.29, 1.82) is 0 Å². The van der Waals surface area contributed by atoms with Crippen LogP contribution in [0.25, 0.3) is 0 Å². The Balaban J connectivity index is 1.71. The molecule has 1 heterocycles. The average molecular weight is 345 g/mol. The van der Waals surface area contributed by atoms with Crippen molar-refractivity contribution < 1.29 is 4.79 Å². The van der Waals surface area contributed by atoms with Crippen LogP contribution in [0.2, 0.25) is 0 Å². The summed E-state index contributed by atoms with van der Waals surface area (Å²) >= 11 is 5.14. The predicted octanol–water partition coefficient (Wildman–Crippen LogP) is 3.39. The van der Waals surface area contributed by atoms with Gasteiger partial charge in [-0.1, -0.05) is 19.3 Å². The van der Waals surface area contributed by atoms with E-state index in [1.807, 2.05) is 7.05 Å². The third kappa shape index (κ3) is 5.24. The molecular formula is C14H21BrN2OS. The van der Waals surface area contributed by atoms with Gasteiger partial charge in [0.25, 0.3) is 0 Å². The molecule has 0 aliphatic heterocycles. The van der Waals surface area contributed by atoms with Crippen LogP contribution in [0.5, 0.6) is 0 Å². The molecule has 5 heteroatoms. The van der Waals surface area contributed by atoms with E-state index < -0.39 is 0 Å². The first-order valence-electron chi connectivity index (χ1n) is 6.84. The fourth-order valence-electron chi connectivity index (χ4n) is 2.56. The Labute approximate surface area is 127 Å². The highest BCUT2D eigenvalue weighted by atomic mass is 79.9. The Morgan fingerprint density at radius 1 is 1.47 bits per heavy atom. The van der Waals surface area contributed by atoms with Crippen LogP contribution in [0.4, 0.5) is 0 Å². The maximum absolute atomic E-state index is 12.0. The van der Waals surface area contributed by atoms with Gasteiger partial charge in [0.2, 0.25) is 5.91 Å². The highest BCUT2D eigenvalue weighted by Crippen LogP contribution is 2.21. The highest BCUT2D eigenvalue weighted by Gasteiger charge is 2.16. The summed E-state index contributed by atoms with van der Waals surface area (Å²) in [7, 11) is 1.99. The lowest BCUT2D eigenvalue weighted by Crippen LogP contribution is -2.41. The van der Waals surface area contributed by atoms with Crippen LogP contribution in [0.1, 0.15) is 37.7 Å². The Hall–Kier alpha value is -0.390. The molecule has 0 saturated heterocycles. The van der Waals surface area contributed by atoms with E-state index in [2.05, 4.69) is 37.6 Å². The van der Waals surface area contributed by atoms with Crippen molar-refractivity contribution >= 4 is 33.2 Å². The van der Waals surface area contributed by atoms with Crippen molar-refractivity contribution in [3.8, 4) is 0 Å². The quantitative estimate of drug-likeness (QED) is 0.887. The number of nitrogens with one attached hydrogen (secondary N) is 1. The fourth-order valence-corrected chi connectivity index (χ4v) is 3.76. The molecule has 19 heavy (non-hydrogen) atoms. The number of likely N-dealkylation sites (N-methyl/N-ethyl adjacent to an activating group) is 1. The first-order valence-corrected chi connectivity index (χ1v) is 8.51. The smallest absolute Gasteiger partial charge is 0.234 e. The number of carbonyl (C=O) groups is 1. The van der Waals surface area contributed by atoms with Gasteiger partial charge in [-0.15, -0.1) is 11.3 Å². The number of carbonyl (C=O) groups excluding carboxylic acids is 1. The largest absolute Gasteiger partial charge is 0.352 e. The van der Waals surface area contributed by atoms with Crippen LogP contribution in [0, 0.1) is 0 Å². The zero-order valence-electron chi connectivity index (χ0n) is 11.3. The molecule has 0 atom stereocenters. The van der Waals surface area contributed by atoms with E-state index in [9.17, 15) is 4.79 Å². The molecule has 0 aromatic carbocycles. The minimum Gasteiger partial charge on any atom is -0.352 e. The van der Waals surface area contributed by atoms with Crippen LogP contribution in [0.15, 0.2) is 15.2 Å². The molecule has 1 aliphatic rings. The van der Waals surface area contributed by atoms with Crippen molar-refractivity contribution in [3.05, 3.63) is 20.8 Å². The summed E-state index contributed by atoms with van der Waals surface area (Å²) in [6.45, 7) is 1.30. The lowest BCUT2D eigenvalue weighted by Gasteiger charge is -2.24. The van der Waals surface area contributed by atoms with Gasteiger partial charge >= 0.3 is 0 Å². The second kappa shape index (κ2) is 7.41. The summed E-state index contributed by atoms with van der Waals surface area (Å²) in [5, 5.41) is 5.28. The van der Waals surface area contributed by atoms with Crippen molar-refractivity contribution in [2.24, 2.45) is 0 Å². The second-order valence-corrected chi connectivity index (χ2v) is 7.62. The van der Waals surface area contributed by atoms with Crippen molar-refractivity contribution in [2.75, 3.05) is 13.6 Å². The van der Waals surface area contributed by atoms with E-state index in [1.165, 1.54) is 24.8 Å².